The number of hydrogen-bond acceptors (Lipinski definition) is 13. The summed E-state index contributed by atoms with van der Waals surface area (Å²) in [4.78, 5) is 13.3. The number of ether oxygens (including phenoxy) is 4. The second-order valence-electron chi connectivity index (χ2n) is 22.5. The van der Waals surface area contributed by atoms with Crippen molar-refractivity contribution in [2.45, 2.75) is 293 Å². The minimum absolute atomic E-state index is 0.248. The van der Waals surface area contributed by atoms with Crippen LogP contribution in [-0.2, 0) is 23.7 Å². The van der Waals surface area contributed by atoms with Crippen molar-refractivity contribution in [3.05, 3.63) is 122 Å². The number of amides is 1. The SMILES string of the molecule is CC/C=C\C/C=C\C/C=C\C/C=C\C/C=C\C/C=C\C/C=C\C/C=C\CCCCCCCCC(=O)NC(COC1OC(CO)C(OC2OC(CO)C(O)C(O)C2O)C(O)C1O)C(O)/C=C/CC/C=C/CCCCCCCCCCCCCCC. The van der Waals surface area contributed by atoms with Crippen molar-refractivity contribution in [2.75, 3.05) is 19.8 Å². The normalized spacial score (nSPS) is 24.5. The Balaban J connectivity index is 1.74. The molecule has 2 fully saturated rings. The van der Waals surface area contributed by atoms with Crippen LogP contribution in [0.25, 0.3) is 0 Å². The lowest BCUT2D eigenvalue weighted by Crippen LogP contribution is -2.65. The number of aliphatic hydroxyl groups is 8. The van der Waals surface area contributed by atoms with Crippen LogP contribution in [0.1, 0.15) is 219 Å². The smallest absolute Gasteiger partial charge is 0.220 e. The van der Waals surface area contributed by atoms with E-state index in [9.17, 15) is 45.6 Å². The molecule has 0 aromatic carbocycles. The van der Waals surface area contributed by atoms with Crippen LogP contribution in [0.15, 0.2) is 122 Å². The number of nitrogens with one attached hydrogen (secondary N) is 1. The van der Waals surface area contributed by atoms with Crippen LogP contribution in [0.4, 0.5) is 0 Å². The molecule has 2 rings (SSSR count). The molecule has 0 bridgehead atoms. The highest BCUT2D eigenvalue weighted by atomic mass is 16.7. The van der Waals surface area contributed by atoms with Gasteiger partial charge in [0.1, 0.15) is 48.8 Å². The van der Waals surface area contributed by atoms with Crippen LogP contribution in [0.3, 0.4) is 0 Å². The number of unbranched alkanes of at least 4 members (excludes halogenated alkanes) is 20. The molecule has 2 aliphatic heterocycles. The third kappa shape index (κ3) is 37.8. The van der Waals surface area contributed by atoms with Gasteiger partial charge in [0, 0.05) is 6.42 Å². The molecule has 12 unspecified atom stereocenters. The Labute approximate surface area is 508 Å². The summed E-state index contributed by atoms with van der Waals surface area (Å²) in [5.41, 5.74) is 0. The first-order valence-corrected chi connectivity index (χ1v) is 32.8. The van der Waals surface area contributed by atoms with E-state index in [2.05, 4.69) is 129 Å². The lowest BCUT2D eigenvalue weighted by molar-refractivity contribution is -0.359. The average Bonchev–Trinajstić information content (AvgIpc) is 3.18. The predicted molar refractivity (Wildman–Crippen MR) is 341 cm³/mol. The molecule has 12 atom stereocenters. The van der Waals surface area contributed by atoms with E-state index in [1.807, 2.05) is 6.08 Å². The highest BCUT2D eigenvalue weighted by molar-refractivity contribution is 5.76. The Morgan fingerprint density at radius 3 is 1.31 bits per heavy atom. The number of carbonyl (C=O) groups excluding carboxylic acids is 1. The van der Waals surface area contributed by atoms with Gasteiger partial charge in [0.05, 0.1) is 32.0 Å². The Bertz CT molecular complexity index is 1870. The number of hydrogen-bond donors (Lipinski definition) is 9. The zero-order valence-corrected chi connectivity index (χ0v) is 51.8. The zero-order valence-electron chi connectivity index (χ0n) is 51.8. The van der Waals surface area contributed by atoms with E-state index in [1.165, 1.54) is 83.5 Å². The Morgan fingerprint density at radius 1 is 0.440 bits per heavy atom. The Morgan fingerprint density at radius 2 is 0.833 bits per heavy atom. The van der Waals surface area contributed by atoms with Crippen LogP contribution >= 0.6 is 0 Å². The van der Waals surface area contributed by atoms with Gasteiger partial charge in [-0.1, -0.05) is 238 Å². The van der Waals surface area contributed by atoms with Gasteiger partial charge in [-0.2, -0.15) is 0 Å². The van der Waals surface area contributed by atoms with Gasteiger partial charge in [0.25, 0.3) is 0 Å². The molecule has 2 aliphatic rings. The van der Waals surface area contributed by atoms with Gasteiger partial charge in [-0.3, -0.25) is 4.79 Å². The fourth-order valence-electron chi connectivity index (χ4n) is 9.91. The number of aliphatic hydroxyl groups excluding tert-OH is 8. The average molecular weight is 1180 g/mol. The summed E-state index contributed by atoms with van der Waals surface area (Å²) < 4.78 is 22.8. The van der Waals surface area contributed by atoms with Gasteiger partial charge in [-0.05, 0) is 96.3 Å². The number of rotatable bonds is 51. The molecule has 0 aromatic rings. The van der Waals surface area contributed by atoms with E-state index < -0.39 is 86.8 Å². The highest BCUT2D eigenvalue weighted by Gasteiger charge is 2.51. The molecule has 0 aliphatic carbocycles. The summed E-state index contributed by atoms with van der Waals surface area (Å²) >= 11 is 0. The van der Waals surface area contributed by atoms with Crippen LogP contribution in [0, 0.1) is 0 Å². The third-order valence-corrected chi connectivity index (χ3v) is 15.1. The van der Waals surface area contributed by atoms with Crippen LogP contribution in [-0.4, -0.2) is 140 Å². The van der Waals surface area contributed by atoms with Gasteiger partial charge in [-0.15, -0.1) is 0 Å². The monoisotopic (exact) mass is 1180 g/mol. The lowest BCUT2D eigenvalue weighted by atomic mass is 9.97. The van der Waals surface area contributed by atoms with Crippen LogP contribution < -0.4 is 5.32 Å². The largest absolute Gasteiger partial charge is 0.394 e. The van der Waals surface area contributed by atoms with Gasteiger partial charge in [0.2, 0.25) is 5.91 Å². The highest BCUT2D eigenvalue weighted by Crippen LogP contribution is 2.30. The standard InChI is InChI=1S/C70H117NO13/c1-3-5-7-9-11-13-15-17-19-21-23-24-25-26-27-28-29-30-31-32-33-34-36-38-40-42-44-46-48-50-52-54-62(75)71-58(59(74)53-51-49-47-45-43-41-39-37-35-22-20-18-16-14-12-10-8-6-4-2)57-81-69-67(80)65(78)68(61(56-73)83-69)84-70-66(79)64(77)63(76)60(55-72)82-70/h5,7,11,13,17,19,23-24,26-27,29-30,32-33,36,38,43,45,51,53,58-61,63-70,72-74,76-80H,3-4,6,8-10,12,14-16,18,20-22,25,28,31,34-35,37,39-42,44,46-50,52,54-57H2,1-2H3,(H,71,75)/b7-5-,13-11-,19-17-,24-23-,27-26-,30-29-,33-32-,38-36-,45-43+,53-51+. The first-order chi connectivity index (χ1) is 41.1. The van der Waals surface area contributed by atoms with Crippen molar-refractivity contribution in [1.29, 1.82) is 0 Å². The molecular formula is C70H117NO13. The van der Waals surface area contributed by atoms with E-state index in [0.717, 1.165) is 103 Å². The minimum Gasteiger partial charge on any atom is -0.394 e. The van der Waals surface area contributed by atoms with E-state index in [-0.39, 0.29) is 18.9 Å². The van der Waals surface area contributed by atoms with Crippen molar-refractivity contribution in [2.24, 2.45) is 0 Å². The molecule has 14 heteroatoms. The summed E-state index contributed by atoms with van der Waals surface area (Å²) in [5, 5.41) is 87.2. The van der Waals surface area contributed by atoms with E-state index in [1.54, 1.807) is 6.08 Å². The van der Waals surface area contributed by atoms with Gasteiger partial charge >= 0.3 is 0 Å². The Kier molecular flexibility index (Phi) is 48.8. The van der Waals surface area contributed by atoms with Gasteiger partial charge < -0.3 is 65.1 Å². The molecule has 84 heavy (non-hydrogen) atoms. The van der Waals surface area contributed by atoms with E-state index >= 15 is 0 Å². The topological polar surface area (TPSA) is 228 Å². The molecule has 1 amide bonds. The summed E-state index contributed by atoms with van der Waals surface area (Å²) in [7, 11) is 0. The molecule has 9 N–H and O–H groups in total. The van der Waals surface area contributed by atoms with E-state index in [0.29, 0.717) is 12.8 Å². The second-order valence-corrected chi connectivity index (χ2v) is 22.5. The Hall–Kier alpha value is -3.61. The minimum atomic E-state index is -1.80. The fraction of sp³-hybridized carbons (Fsp3) is 0.700. The van der Waals surface area contributed by atoms with Crippen LogP contribution in [0.5, 0.6) is 0 Å². The zero-order chi connectivity index (χ0) is 60.9. The first kappa shape index (κ1) is 76.5. The van der Waals surface area contributed by atoms with Crippen molar-refractivity contribution < 1.29 is 64.6 Å². The van der Waals surface area contributed by atoms with Crippen molar-refractivity contribution in [3.63, 3.8) is 0 Å². The van der Waals surface area contributed by atoms with Crippen molar-refractivity contribution in [3.8, 4) is 0 Å². The van der Waals surface area contributed by atoms with Crippen LogP contribution in [0.2, 0.25) is 0 Å². The fourth-order valence-corrected chi connectivity index (χ4v) is 9.91. The molecule has 0 radical (unpaired) electrons. The number of allylic oxidation sites excluding steroid dienone is 19. The molecule has 0 saturated carbocycles. The molecule has 2 heterocycles. The summed E-state index contributed by atoms with van der Waals surface area (Å²) in [6.45, 7) is 2.65. The first-order valence-electron chi connectivity index (χ1n) is 32.8. The maximum atomic E-state index is 13.3. The molecule has 480 valence electrons. The molecule has 2 saturated heterocycles. The summed E-state index contributed by atoms with van der Waals surface area (Å²) in [6.07, 6.45) is 60.9. The molecule has 0 aromatic heterocycles. The summed E-state index contributed by atoms with van der Waals surface area (Å²) in [6, 6.07) is -0.949. The van der Waals surface area contributed by atoms with Crippen molar-refractivity contribution >= 4 is 5.91 Å². The second kappa shape index (κ2) is 53.6. The van der Waals surface area contributed by atoms with Crippen molar-refractivity contribution in [1.82, 2.24) is 5.32 Å². The quantitative estimate of drug-likeness (QED) is 0.0204. The van der Waals surface area contributed by atoms with Gasteiger partial charge in [0.15, 0.2) is 12.6 Å². The molecule has 14 nitrogen and oxygen atoms in total. The maximum absolute atomic E-state index is 13.3. The predicted octanol–water partition coefficient (Wildman–Crippen LogP) is 12.6. The molecular weight excluding hydrogens is 1060 g/mol. The summed E-state index contributed by atoms with van der Waals surface area (Å²) in [5.74, 6) is -0.268. The maximum Gasteiger partial charge on any atom is 0.220 e. The third-order valence-electron chi connectivity index (χ3n) is 15.1. The lowest BCUT2D eigenvalue weighted by Gasteiger charge is -2.46. The number of carbonyl (C=O) groups is 1. The van der Waals surface area contributed by atoms with Gasteiger partial charge in [-0.25, -0.2) is 0 Å². The molecule has 0 spiro atoms. The van der Waals surface area contributed by atoms with E-state index in [4.69, 9.17) is 18.9 Å².